The van der Waals surface area contributed by atoms with Crippen LogP contribution in [0.1, 0.15) is 16.1 Å². The molecule has 0 aliphatic heterocycles. The van der Waals surface area contributed by atoms with E-state index in [0.717, 1.165) is 15.7 Å². The minimum atomic E-state index is -1.04. The fraction of sp³-hybridized carbons (Fsp3) is 0.0769. The molecule has 2 rings (SSSR count). The highest BCUT2D eigenvalue weighted by atomic mass is 79.9. The smallest absolute Gasteiger partial charge is 0.354 e. The Morgan fingerprint density at radius 3 is 2.78 bits per heavy atom. The lowest BCUT2D eigenvalue weighted by Gasteiger charge is -2.07. The van der Waals surface area contributed by atoms with Gasteiger partial charge in [0.25, 0.3) is 0 Å². The van der Waals surface area contributed by atoms with E-state index in [-0.39, 0.29) is 5.69 Å². The second-order valence-corrected chi connectivity index (χ2v) is 4.66. The van der Waals surface area contributed by atoms with Crippen molar-refractivity contribution in [3.05, 3.63) is 52.1 Å². The zero-order valence-corrected chi connectivity index (χ0v) is 11.2. The van der Waals surface area contributed by atoms with Crippen molar-refractivity contribution in [1.29, 1.82) is 0 Å². The molecule has 0 saturated carbocycles. The van der Waals surface area contributed by atoms with Gasteiger partial charge in [0.1, 0.15) is 5.82 Å². The molecule has 0 aliphatic rings. The van der Waals surface area contributed by atoms with Crippen molar-refractivity contribution in [1.82, 2.24) is 4.98 Å². The second-order valence-electron chi connectivity index (χ2n) is 3.80. The molecule has 0 unspecified atom stereocenters. The molecule has 4 nitrogen and oxygen atoms in total. The summed E-state index contributed by atoms with van der Waals surface area (Å²) in [4.78, 5) is 14.8. The molecule has 18 heavy (non-hydrogen) atoms. The second kappa shape index (κ2) is 5.18. The van der Waals surface area contributed by atoms with E-state index < -0.39 is 5.97 Å². The highest BCUT2D eigenvalue weighted by Gasteiger charge is 2.05. The minimum absolute atomic E-state index is 0.0221. The van der Waals surface area contributed by atoms with Crippen molar-refractivity contribution in [2.24, 2.45) is 0 Å². The Bertz CT molecular complexity index is 599. The molecular formula is C13H11BrN2O2. The number of nitrogens with one attached hydrogen (secondary N) is 1. The van der Waals surface area contributed by atoms with Gasteiger partial charge in [0.2, 0.25) is 0 Å². The van der Waals surface area contributed by atoms with Gasteiger partial charge in [-0.2, -0.15) is 0 Å². The number of benzene rings is 1. The molecule has 1 aromatic heterocycles. The topological polar surface area (TPSA) is 62.2 Å². The highest BCUT2D eigenvalue weighted by molar-refractivity contribution is 9.10. The lowest BCUT2D eigenvalue weighted by molar-refractivity contribution is 0.0690. The monoisotopic (exact) mass is 306 g/mol. The first kappa shape index (κ1) is 12.6. The summed E-state index contributed by atoms with van der Waals surface area (Å²) >= 11 is 3.42. The normalized spacial score (nSPS) is 10.1. The molecule has 0 amide bonds. The molecule has 5 heteroatoms. The highest BCUT2D eigenvalue weighted by Crippen LogP contribution is 2.22. The van der Waals surface area contributed by atoms with Crippen molar-refractivity contribution < 1.29 is 9.90 Å². The Kier molecular flexibility index (Phi) is 3.62. The molecular weight excluding hydrogens is 296 g/mol. The first-order valence-electron chi connectivity index (χ1n) is 5.30. The van der Waals surface area contributed by atoms with Gasteiger partial charge in [-0.15, -0.1) is 0 Å². The van der Waals surface area contributed by atoms with E-state index in [1.165, 1.54) is 6.07 Å². The molecule has 0 fully saturated rings. The van der Waals surface area contributed by atoms with Gasteiger partial charge in [0, 0.05) is 10.2 Å². The van der Waals surface area contributed by atoms with Gasteiger partial charge in [0.05, 0.1) is 0 Å². The van der Waals surface area contributed by atoms with E-state index in [1.807, 2.05) is 25.1 Å². The number of rotatable bonds is 3. The average molecular weight is 307 g/mol. The maximum absolute atomic E-state index is 10.8. The number of aromatic carboxylic acids is 1. The lowest BCUT2D eigenvalue weighted by Crippen LogP contribution is -2.02. The number of aromatic nitrogens is 1. The van der Waals surface area contributed by atoms with Crippen LogP contribution in [0, 0.1) is 6.92 Å². The van der Waals surface area contributed by atoms with Gasteiger partial charge in [-0.3, -0.25) is 0 Å². The third kappa shape index (κ3) is 2.87. The molecule has 0 atom stereocenters. The van der Waals surface area contributed by atoms with E-state index in [0.29, 0.717) is 5.82 Å². The van der Waals surface area contributed by atoms with Gasteiger partial charge in [-0.05, 0) is 42.8 Å². The van der Waals surface area contributed by atoms with Crippen molar-refractivity contribution in [2.75, 3.05) is 5.32 Å². The van der Waals surface area contributed by atoms with E-state index in [2.05, 4.69) is 26.2 Å². The van der Waals surface area contributed by atoms with Crippen LogP contribution in [0.15, 0.2) is 40.9 Å². The summed E-state index contributed by atoms with van der Waals surface area (Å²) in [6.45, 7) is 1.98. The average Bonchev–Trinajstić information content (AvgIpc) is 2.34. The number of carbonyl (C=O) groups is 1. The summed E-state index contributed by atoms with van der Waals surface area (Å²) in [5.41, 5.74) is 1.98. The molecule has 1 heterocycles. The SMILES string of the molecule is Cc1cc(Nc2cccc(C(=O)O)n2)ccc1Br. The molecule has 0 bridgehead atoms. The number of nitrogens with zero attached hydrogens (tertiary/aromatic N) is 1. The van der Waals surface area contributed by atoms with Crippen LogP contribution in [0.5, 0.6) is 0 Å². The van der Waals surface area contributed by atoms with Crippen LogP contribution in [0.4, 0.5) is 11.5 Å². The lowest BCUT2D eigenvalue weighted by atomic mass is 10.2. The predicted molar refractivity (Wildman–Crippen MR) is 73.4 cm³/mol. The Balaban J connectivity index is 2.25. The Morgan fingerprint density at radius 1 is 1.33 bits per heavy atom. The van der Waals surface area contributed by atoms with Crippen molar-refractivity contribution in [3.63, 3.8) is 0 Å². The molecule has 0 radical (unpaired) electrons. The summed E-state index contributed by atoms with van der Waals surface area (Å²) in [5.74, 6) is -0.526. The Morgan fingerprint density at radius 2 is 2.11 bits per heavy atom. The van der Waals surface area contributed by atoms with Gasteiger partial charge >= 0.3 is 5.97 Å². The van der Waals surface area contributed by atoms with E-state index in [1.54, 1.807) is 12.1 Å². The maximum atomic E-state index is 10.8. The molecule has 0 saturated heterocycles. The zero-order valence-electron chi connectivity index (χ0n) is 9.64. The van der Waals surface area contributed by atoms with Crippen molar-refractivity contribution in [3.8, 4) is 0 Å². The number of anilines is 2. The first-order chi connectivity index (χ1) is 8.56. The van der Waals surface area contributed by atoms with Crippen LogP contribution in [0.2, 0.25) is 0 Å². The van der Waals surface area contributed by atoms with Crippen LogP contribution >= 0.6 is 15.9 Å². The number of carboxylic acids is 1. The first-order valence-corrected chi connectivity index (χ1v) is 6.09. The van der Waals surface area contributed by atoms with E-state index in [9.17, 15) is 4.79 Å². The molecule has 2 aromatic rings. The number of pyridine rings is 1. The summed E-state index contributed by atoms with van der Waals surface area (Å²) in [6.07, 6.45) is 0. The van der Waals surface area contributed by atoms with E-state index in [4.69, 9.17) is 5.11 Å². The zero-order chi connectivity index (χ0) is 13.1. The van der Waals surface area contributed by atoms with Gasteiger partial charge in [-0.1, -0.05) is 22.0 Å². The number of hydrogen-bond acceptors (Lipinski definition) is 3. The van der Waals surface area contributed by atoms with Crippen LogP contribution < -0.4 is 5.32 Å². The molecule has 92 valence electrons. The van der Waals surface area contributed by atoms with Gasteiger partial charge in [0.15, 0.2) is 5.69 Å². The predicted octanol–water partition coefficient (Wildman–Crippen LogP) is 3.59. The maximum Gasteiger partial charge on any atom is 0.354 e. The number of halogens is 1. The van der Waals surface area contributed by atoms with Crippen molar-refractivity contribution in [2.45, 2.75) is 6.92 Å². The quantitative estimate of drug-likeness (QED) is 0.909. The number of hydrogen-bond donors (Lipinski definition) is 2. The largest absolute Gasteiger partial charge is 0.477 e. The summed E-state index contributed by atoms with van der Waals surface area (Å²) in [7, 11) is 0. The van der Waals surface area contributed by atoms with Crippen LogP contribution in [-0.2, 0) is 0 Å². The van der Waals surface area contributed by atoms with Gasteiger partial charge < -0.3 is 10.4 Å². The standard InChI is InChI=1S/C13H11BrN2O2/c1-8-7-9(5-6-10(8)14)15-12-4-2-3-11(16-12)13(17)18/h2-7H,1H3,(H,15,16)(H,17,18). The summed E-state index contributed by atoms with van der Waals surface area (Å²) in [5, 5.41) is 11.9. The van der Waals surface area contributed by atoms with Crippen molar-refractivity contribution >= 4 is 33.4 Å². The molecule has 0 aliphatic carbocycles. The van der Waals surface area contributed by atoms with Gasteiger partial charge in [-0.25, -0.2) is 9.78 Å². The number of aryl methyl sites for hydroxylation is 1. The minimum Gasteiger partial charge on any atom is -0.477 e. The molecule has 2 N–H and O–H groups in total. The third-order valence-corrected chi connectivity index (χ3v) is 3.29. The van der Waals surface area contributed by atoms with E-state index >= 15 is 0 Å². The fourth-order valence-electron chi connectivity index (χ4n) is 1.49. The van der Waals surface area contributed by atoms with Crippen LogP contribution in [-0.4, -0.2) is 16.1 Å². The summed E-state index contributed by atoms with van der Waals surface area (Å²) < 4.78 is 1.03. The number of carboxylic acid groups (broad SMARTS) is 1. The third-order valence-electron chi connectivity index (χ3n) is 2.40. The molecule has 1 aromatic carbocycles. The Hall–Kier alpha value is -1.88. The fourth-order valence-corrected chi connectivity index (χ4v) is 1.74. The molecule has 0 spiro atoms. The summed E-state index contributed by atoms with van der Waals surface area (Å²) in [6, 6.07) is 10.6. The van der Waals surface area contributed by atoms with Crippen LogP contribution in [0.25, 0.3) is 0 Å². The Labute approximate surface area is 113 Å². The van der Waals surface area contributed by atoms with Crippen LogP contribution in [0.3, 0.4) is 0 Å².